The van der Waals surface area contributed by atoms with Gasteiger partial charge in [-0.1, -0.05) is 27.7 Å². The molecule has 0 aliphatic rings. The topological polar surface area (TPSA) is 188 Å². The van der Waals surface area contributed by atoms with Crippen LogP contribution in [0.15, 0.2) is 0 Å². The molecule has 0 radical (unpaired) electrons. The minimum Gasteiger partial charge on any atom is -0.481 e. The van der Waals surface area contributed by atoms with E-state index >= 15 is 0 Å². The second-order valence-electron chi connectivity index (χ2n) is 7.58. The van der Waals surface area contributed by atoms with E-state index in [1.165, 1.54) is 0 Å². The van der Waals surface area contributed by atoms with Crippen LogP contribution in [0.4, 0.5) is 0 Å². The normalized spacial score (nSPS) is 15.1. The van der Waals surface area contributed by atoms with Gasteiger partial charge in [0.15, 0.2) is 0 Å². The molecule has 172 valence electrons. The van der Waals surface area contributed by atoms with Crippen LogP contribution >= 0.6 is 12.6 Å². The zero-order valence-corrected chi connectivity index (χ0v) is 18.4. The summed E-state index contributed by atoms with van der Waals surface area (Å²) < 4.78 is 0. The summed E-state index contributed by atoms with van der Waals surface area (Å²) in [6, 6.07) is -4.41. The molecule has 3 amide bonds. The minimum atomic E-state index is -1.42. The molecule has 0 bridgehead atoms. The highest BCUT2D eigenvalue weighted by Gasteiger charge is 2.31. The van der Waals surface area contributed by atoms with Crippen molar-refractivity contribution < 1.29 is 34.2 Å². The number of hydrogen-bond acceptors (Lipinski definition) is 7. The average Bonchev–Trinajstić information content (AvgIpc) is 2.65. The van der Waals surface area contributed by atoms with Crippen LogP contribution in [0.1, 0.15) is 40.5 Å². The first-order chi connectivity index (χ1) is 13.8. The van der Waals surface area contributed by atoms with Crippen LogP contribution < -0.4 is 21.7 Å². The Kier molecular flexibility index (Phi) is 12.0. The lowest BCUT2D eigenvalue weighted by molar-refractivity contribution is -0.143. The van der Waals surface area contributed by atoms with Gasteiger partial charge in [-0.15, -0.1) is 0 Å². The third-order valence-corrected chi connectivity index (χ3v) is 4.71. The summed E-state index contributed by atoms with van der Waals surface area (Å²) in [6.45, 7) is 6.78. The monoisotopic (exact) mass is 448 g/mol. The van der Waals surface area contributed by atoms with E-state index in [0.717, 1.165) is 0 Å². The number of amides is 3. The molecule has 0 aromatic heterocycles. The first-order valence-corrected chi connectivity index (χ1v) is 10.2. The van der Waals surface area contributed by atoms with Gasteiger partial charge in [-0.3, -0.25) is 19.2 Å². The highest BCUT2D eigenvalue weighted by Crippen LogP contribution is 2.06. The lowest BCUT2D eigenvalue weighted by Gasteiger charge is -2.26. The van der Waals surface area contributed by atoms with Gasteiger partial charge in [0.2, 0.25) is 17.7 Å². The summed E-state index contributed by atoms with van der Waals surface area (Å²) in [6.07, 6.45) is -0.753. The molecule has 0 fully saturated rings. The second-order valence-corrected chi connectivity index (χ2v) is 7.94. The molecule has 30 heavy (non-hydrogen) atoms. The maximum absolute atomic E-state index is 12.6. The van der Waals surface area contributed by atoms with Crippen molar-refractivity contribution in [2.75, 3.05) is 5.75 Å². The van der Waals surface area contributed by atoms with Crippen molar-refractivity contribution in [3.63, 3.8) is 0 Å². The van der Waals surface area contributed by atoms with E-state index in [9.17, 15) is 29.1 Å². The van der Waals surface area contributed by atoms with Gasteiger partial charge in [0.05, 0.1) is 6.04 Å². The van der Waals surface area contributed by atoms with Crippen molar-refractivity contribution in [3.05, 3.63) is 0 Å². The van der Waals surface area contributed by atoms with Crippen molar-refractivity contribution in [1.82, 2.24) is 16.0 Å². The quantitative estimate of drug-likeness (QED) is 0.174. The Labute approximate surface area is 180 Å². The largest absolute Gasteiger partial charge is 0.481 e. The first kappa shape index (κ1) is 27.7. The summed E-state index contributed by atoms with van der Waals surface area (Å²) in [5.41, 5.74) is 5.76. The lowest BCUT2D eigenvalue weighted by atomic mass is 10.0. The molecule has 4 unspecified atom stereocenters. The Bertz CT molecular complexity index is 642. The molecule has 0 aromatic rings. The van der Waals surface area contributed by atoms with E-state index in [1.54, 1.807) is 27.7 Å². The highest BCUT2D eigenvalue weighted by molar-refractivity contribution is 7.80. The first-order valence-electron chi connectivity index (χ1n) is 9.53. The maximum Gasteiger partial charge on any atom is 0.326 e. The summed E-state index contributed by atoms with van der Waals surface area (Å²) >= 11 is 4.05. The number of aliphatic carboxylic acids is 2. The molecular weight excluding hydrogens is 416 g/mol. The molecule has 0 aromatic carbocycles. The van der Waals surface area contributed by atoms with Gasteiger partial charge in [0.1, 0.15) is 18.1 Å². The molecule has 0 saturated carbocycles. The van der Waals surface area contributed by atoms with Gasteiger partial charge in [0, 0.05) is 12.2 Å². The number of nitrogens with two attached hydrogens (primary N) is 1. The van der Waals surface area contributed by atoms with Crippen molar-refractivity contribution in [2.24, 2.45) is 17.6 Å². The summed E-state index contributed by atoms with van der Waals surface area (Å²) in [4.78, 5) is 59.2. The molecule has 0 spiro atoms. The number of carboxylic acids is 2. The standard InChI is InChI=1S/C18H32N4O7S/c1-8(2)13(19)16(26)21-11(7-30)15(25)22-14(9(3)4)17(27)20-10(18(28)29)5-6-12(23)24/h8-11,13-14,30H,5-7,19H2,1-4H3,(H,20,27)(H,21,26)(H,22,25)(H,23,24)(H,28,29). The van der Waals surface area contributed by atoms with Crippen LogP contribution in [-0.4, -0.2) is 69.8 Å². The van der Waals surface area contributed by atoms with Gasteiger partial charge >= 0.3 is 11.9 Å². The zero-order valence-electron chi connectivity index (χ0n) is 17.5. The van der Waals surface area contributed by atoms with Gasteiger partial charge in [0.25, 0.3) is 0 Å². The summed E-state index contributed by atoms with van der Waals surface area (Å²) in [7, 11) is 0. The fourth-order valence-electron chi connectivity index (χ4n) is 2.34. The van der Waals surface area contributed by atoms with E-state index in [2.05, 4.69) is 28.6 Å². The van der Waals surface area contributed by atoms with Gasteiger partial charge in [-0.2, -0.15) is 12.6 Å². The van der Waals surface area contributed by atoms with Crippen LogP contribution in [0.5, 0.6) is 0 Å². The van der Waals surface area contributed by atoms with Crippen molar-refractivity contribution >= 4 is 42.3 Å². The van der Waals surface area contributed by atoms with Crippen molar-refractivity contribution in [2.45, 2.75) is 64.7 Å². The minimum absolute atomic E-state index is 0.0504. The van der Waals surface area contributed by atoms with Crippen molar-refractivity contribution in [3.8, 4) is 0 Å². The number of carbonyl (C=O) groups excluding carboxylic acids is 3. The average molecular weight is 449 g/mol. The fraction of sp³-hybridized carbons (Fsp3) is 0.722. The van der Waals surface area contributed by atoms with E-state index in [0.29, 0.717) is 0 Å². The van der Waals surface area contributed by atoms with Crippen molar-refractivity contribution in [1.29, 1.82) is 0 Å². The molecule has 0 aliphatic carbocycles. The lowest BCUT2D eigenvalue weighted by Crippen LogP contribution is -2.59. The third kappa shape index (κ3) is 9.44. The highest BCUT2D eigenvalue weighted by atomic mass is 32.1. The Morgan fingerprint density at radius 3 is 1.77 bits per heavy atom. The molecule has 7 N–H and O–H groups in total. The maximum atomic E-state index is 12.6. The Hall–Kier alpha value is -2.34. The van der Waals surface area contributed by atoms with Crippen LogP contribution in [-0.2, 0) is 24.0 Å². The number of hydrogen-bond donors (Lipinski definition) is 7. The van der Waals surface area contributed by atoms with E-state index in [4.69, 9.17) is 10.8 Å². The SMILES string of the molecule is CC(C)C(N)C(=O)NC(CS)C(=O)NC(C(=O)NC(CCC(=O)O)C(=O)O)C(C)C. The van der Waals surface area contributed by atoms with Gasteiger partial charge < -0.3 is 31.9 Å². The third-order valence-electron chi connectivity index (χ3n) is 4.34. The number of rotatable bonds is 13. The number of nitrogens with one attached hydrogen (secondary N) is 3. The molecule has 0 rings (SSSR count). The van der Waals surface area contributed by atoms with E-state index in [-0.39, 0.29) is 18.1 Å². The molecule has 4 atom stereocenters. The number of thiol groups is 1. The van der Waals surface area contributed by atoms with E-state index in [1.807, 2.05) is 0 Å². The van der Waals surface area contributed by atoms with Crippen LogP contribution in [0, 0.1) is 11.8 Å². The molecular formula is C18H32N4O7S. The predicted octanol–water partition coefficient (Wildman–Crippen LogP) is -1.04. The zero-order chi connectivity index (χ0) is 23.6. The van der Waals surface area contributed by atoms with Crippen LogP contribution in [0.2, 0.25) is 0 Å². The van der Waals surface area contributed by atoms with Crippen LogP contribution in [0.3, 0.4) is 0 Å². The molecule has 12 heteroatoms. The van der Waals surface area contributed by atoms with Gasteiger partial charge in [-0.05, 0) is 18.3 Å². The number of carbonyl (C=O) groups is 5. The van der Waals surface area contributed by atoms with E-state index < -0.39 is 66.2 Å². The second kappa shape index (κ2) is 13.1. The fourth-order valence-corrected chi connectivity index (χ4v) is 2.60. The number of carboxylic acid groups (broad SMARTS) is 2. The van der Waals surface area contributed by atoms with Crippen LogP contribution in [0.25, 0.3) is 0 Å². The molecule has 0 saturated heterocycles. The summed E-state index contributed by atoms with van der Waals surface area (Å²) in [5.74, 6) is -5.20. The smallest absolute Gasteiger partial charge is 0.326 e. The Morgan fingerprint density at radius 1 is 0.833 bits per heavy atom. The van der Waals surface area contributed by atoms with Gasteiger partial charge in [-0.25, -0.2) is 4.79 Å². The molecule has 11 nitrogen and oxygen atoms in total. The molecule has 0 heterocycles. The Morgan fingerprint density at radius 2 is 1.37 bits per heavy atom. The summed E-state index contributed by atoms with van der Waals surface area (Å²) in [5, 5.41) is 25.1. The Balaban J connectivity index is 5.20. The predicted molar refractivity (Wildman–Crippen MR) is 112 cm³/mol. The molecule has 0 aliphatic heterocycles.